The molecule has 10 aromatic rings. The van der Waals surface area contributed by atoms with Crippen molar-refractivity contribution in [2.24, 2.45) is 0 Å². The molecule has 0 unspecified atom stereocenters. The van der Waals surface area contributed by atoms with Crippen LogP contribution in [0.15, 0.2) is 162 Å². The Labute approximate surface area is 378 Å². The van der Waals surface area contributed by atoms with Crippen LogP contribution in [0.25, 0.3) is 83.6 Å². The van der Waals surface area contributed by atoms with Crippen molar-refractivity contribution in [1.29, 1.82) is 0 Å². The van der Waals surface area contributed by atoms with Crippen LogP contribution in [0.1, 0.15) is 67.3 Å². The largest absolute Gasteiger partial charge is 0.501 e. The summed E-state index contributed by atoms with van der Waals surface area (Å²) in [6.07, 6.45) is 1.88. The number of imidazole rings is 1. The number of furan rings is 1. The first kappa shape index (κ1) is 42.3. The fourth-order valence-corrected chi connectivity index (χ4v) is 8.30. The Kier molecular flexibility index (Phi) is 12.2. The molecule has 0 aliphatic rings. The minimum atomic E-state index is 0. The average Bonchev–Trinajstić information content (AvgIpc) is 3.87. The van der Waals surface area contributed by atoms with E-state index in [-0.39, 0.29) is 31.9 Å². The molecule has 0 bridgehead atoms. The van der Waals surface area contributed by atoms with E-state index in [9.17, 15) is 0 Å². The Balaban J connectivity index is 0.000000300. The topological polar surface area (TPSA) is 43.9 Å². The summed E-state index contributed by atoms with van der Waals surface area (Å²) < 4.78 is 8.94. The van der Waals surface area contributed by atoms with Gasteiger partial charge in [-0.05, 0) is 100 Å². The normalized spacial score (nSPS) is 11.3. The van der Waals surface area contributed by atoms with Gasteiger partial charge in [0.1, 0.15) is 5.58 Å². The third-order valence-corrected chi connectivity index (χ3v) is 11.6. The molecule has 0 amide bonds. The molecule has 7 aromatic carbocycles. The number of pyridine rings is 1. The first-order chi connectivity index (χ1) is 29.6. The van der Waals surface area contributed by atoms with Gasteiger partial charge in [0.2, 0.25) is 0 Å². The monoisotopic (exact) mass is 984 g/mol. The SMILES string of the molecule is Cc1c[c-]c(-c2ccc(C)cn2)cc1.Cc1cccc2nc(-c3[c-]ccc4c3oc3ccccc34)n(-c3c(C(C)C)cc(-c4ccc(-c5ccccc5)cc4)cc3C(C)C)c12.[Ir]. The third kappa shape index (κ3) is 8.19. The van der Waals surface area contributed by atoms with Crippen LogP contribution in [-0.2, 0) is 20.1 Å². The molecule has 0 saturated carbocycles. The van der Waals surface area contributed by atoms with E-state index in [0.717, 1.165) is 55.6 Å². The zero-order valence-electron chi connectivity index (χ0n) is 36.2. The number of benzene rings is 7. The van der Waals surface area contributed by atoms with Gasteiger partial charge in [0.05, 0.1) is 22.4 Å². The first-order valence-corrected chi connectivity index (χ1v) is 21.2. The molecule has 4 nitrogen and oxygen atoms in total. The van der Waals surface area contributed by atoms with E-state index in [2.05, 4.69) is 178 Å². The van der Waals surface area contributed by atoms with Gasteiger partial charge in [0, 0.05) is 37.4 Å². The average molecular weight is 984 g/mol. The molecule has 0 N–H and O–H groups in total. The number of hydrogen-bond donors (Lipinski definition) is 0. The molecule has 0 atom stereocenters. The number of aryl methyl sites for hydroxylation is 3. The molecule has 3 aromatic heterocycles. The van der Waals surface area contributed by atoms with Crippen molar-refractivity contribution in [2.45, 2.75) is 60.3 Å². The summed E-state index contributed by atoms with van der Waals surface area (Å²) in [5.74, 6) is 1.39. The van der Waals surface area contributed by atoms with E-state index in [0.29, 0.717) is 0 Å². The molecule has 62 heavy (non-hydrogen) atoms. The molecule has 309 valence electrons. The predicted octanol–water partition coefficient (Wildman–Crippen LogP) is 15.4. The van der Waals surface area contributed by atoms with Crippen LogP contribution < -0.4 is 0 Å². The van der Waals surface area contributed by atoms with Crippen LogP contribution >= 0.6 is 0 Å². The van der Waals surface area contributed by atoms with Crippen molar-refractivity contribution >= 4 is 33.0 Å². The molecule has 0 saturated heterocycles. The third-order valence-electron chi connectivity index (χ3n) is 11.6. The minimum Gasteiger partial charge on any atom is -0.501 e. The van der Waals surface area contributed by atoms with E-state index in [1.165, 1.54) is 55.8 Å². The fourth-order valence-electron chi connectivity index (χ4n) is 8.30. The van der Waals surface area contributed by atoms with Crippen molar-refractivity contribution < 1.29 is 24.5 Å². The Morgan fingerprint density at radius 3 is 1.92 bits per heavy atom. The molecular formula is C57H49IrN3O-2. The Bertz CT molecular complexity index is 3070. The van der Waals surface area contributed by atoms with Crippen molar-refractivity contribution in [2.75, 3.05) is 0 Å². The van der Waals surface area contributed by atoms with Crippen LogP contribution in [0.3, 0.4) is 0 Å². The summed E-state index contributed by atoms with van der Waals surface area (Å²) in [4.78, 5) is 9.68. The quantitative estimate of drug-likeness (QED) is 0.149. The number of fused-ring (bicyclic) bond motifs is 4. The molecule has 0 fully saturated rings. The van der Waals surface area contributed by atoms with E-state index in [1.807, 2.05) is 49.5 Å². The van der Waals surface area contributed by atoms with Gasteiger partial charge in [-0.25, -0.2) is 0 Å². The Hall–Kier alpha value is -6.39. The Morgan fingerprint density at radius 2 is 1.26 bits per heavy atom. The smallest absolute Gasteiger partial charge is 0.120 e. The van der Waals surface area contributed by atoms with Crippen molar-refractivity contribution in [1.82, 2.24) is 14.5 Å². The molecular weight excluding hydrogens is 935 g/mol. The second-order valence-electron chi connectivity index (χ2n) is 16.7. The number of aromatic nitrogens is 3. The van der Waals surface area contributed by atoms with Crippen molar-refractivity contribution in [3.05, 3.63) is 198 Å². The predicted molar refractivity (Wildman–Crippen MR) is 254 cm³/mol. The Morgan fingerprint density at radius 1 is 0.597 bits per heavy atom. The van der Waals surface area contributed by atoms with Crippen molar-refractivity contribution in [3.63, 3.8) is 0 Å². The zero-order valence-corrected chi connectivity index (χ0v) is 38.6. The standard InChI is InChI=1S/C44H37N2O.C13H12N.Ir/c1-27(2)37-25-33(32-23-21-31(22-24-32)30-14-7-6-8-15-30)26-38(28(3)4)42(37)46-41-29(5)13-11-19-39(41)45-44(46)36-18-12-17-35-34-16-9-10-20-40(34)47-43(35)36;1-10-3-6-12(7-4-10)13-8-5-11(2)9-14-13;/h6-17,19-28H,1-5H3;3-6,8-9H,1-2H3;/q2*-1;. The van der Waals surface area contributed by atoms with Gasteiger partial charge < -0.3 is 14.0 Å². The zero-order chi connectivity index (χ0) is 42.2. The maximum absolute atomic E-state index is 6.54. The second kappa shape index (κ2) is 17.9. The number of hydrogen-bond acceptors (Lipinski definition) is 3. The number of nitrogens with zero attached hydrogens (tertiary/aromatic N) is 3. The summed E-state index contributed by atoms with van der Waals surface area (Å²) in [5.41, 5.74) is 18.9. The van der Waals surface area contributed by atoms with Gasteiger partial charge in [-0.3, -0.25) is 4.98 Å². The van der Waals surface area contributed by atoms with Gasteiger partial charge in [0.25, 0.3) is 0 Å². The van der Waals surface area contributed by atoms with Gasteiger partial charge in [-0.1, -0.05) is 143 Å². The molecule has 0 spiro atoms. The van der Waals surface area contributed by atoms with Crippen LogP contribution in [-0.4, -0.2) is 14.5 Å². The number of para-hydroxylation sites is 2. The minimum absolute atomic E-state index is 0. The molecule has 10 rings (SSSR count). The van der Waals surface area contributed by atoms with E-state index < -0.39 is 0 Å². The summed E-state index contributed by atoms with van der Waals surface area (Å²) >= 11 is 0. The van der Waals surface area contributed by atoms with E-state index in [1.54, 1.807) is 0 Å². The fraction of sp³-hybridized carbons (Fsp3) is 0.158. The molecule has 5 heteroatoms. The van der Waals surface area contributed by atoms with E-state index >= 15 is 0 Å². The van der Waals surface area contributed by atoms with Gasteiger partial charge >= 0.3 is 0 Å². The first-order valence-electron chi connectivity index (χ1n) is 21.2. The number of rotatable bonds is 7. The van der Waals surface area contributed by atoms with Gasteiger partial charge in [-0.2, -0.15) is 0 Å². The van der Waals surface area contributed by atoms with Gasteiger partial charge in [-0.15, -0.1) is 53.6 Å². The molecule has 1 radical (unpaired) electrons. The van der Waals surface area contributed by atoms with Crippen LogP contribution in [0, 0.1) is 32.9 Å². The molecule has 0 aliphatic carbocycles. The maximum Gasteiger partial charge on any atom is 0.120 e. The molecule has 0 aliphatic heterocycles. The van der Waals surface area contributed by atoms with E-state index in [4.69, 9.17) is 9.40 Å². The molecule has 3 heterocycles. The van der Waals surface area contributed by atoms with Gasteiger partial charge in [0.15, 0.2) is 0 Å². The summed E-state index contributed by atoms with van der Waals surface area (Å²) in [6, 6.07) is 60.0. The van der Waals surface area contributed by atoms with Crippen LogP contribution in [0.5, 0.6) is 0 Å². The van der Waals surface area contributed by atoms with Crippen molar-refractivity contribution in [3.8, 4) is 50.6 Å². The summed E-state index contributed by atoms with van der Waals surface area (Å²) in [7, 11) is 0. The second-order valence-corrected chi connectivity index (χ2v) is 16.7. The van der Waals surface area contributed by atoms with Crippen LogP contribution in [0.4, 0.5) is 0 Å². The van der Waals surface area contributed by atoms with Crippen LogP contribution in [0.2, 0.25) is 0 Å². The maximum atomic E-state index is 6.54. The summed E-state index contributed by atoms with van der Waals surface area (Å²) in [5, 5.41) is 2.18. The summed E-state index contributed by atoms with van der Waals surface area (Å²) in [6.45, 7) is 15.5.